The van der Waals surface area contributed by atoms with Gasteiger partial charge in [0.05, 0.1) is 36.8 Å². The number of carbonyl (C=O) groups is 2. The van der Waals surface area contributed by atoms with Gasteiger partial charge < -0.3 is 29.2 Å². The van der Waals surface area contributed by atoms with Crippen LogP contribution in [0.2, 0.25) is 0 Å². The predicted molar refractivity (Wildman–Crippen MR) is 224 cm³/mol. The van der Waals surface area contributed by atoms with Gasteiger partial charge in [0.2, 0.25) is 0 Å². The summed E-state index contributed by atoms with van der Waals surface area (Å²) in [4.78, 5) is 27.5. The second-order valence-corrected chi connectivity index (χ2v) is 22.4. The molecule has 0 heterocycles. The fraction of sp³-hybridized carbons (Fsp3) is 0.959. The van der Waals surface area contributed by atoms with Crippen LogP contribution in [0.3, 0.4) is 0 Å². The van der Waals surface area contributed by atoms with Crippen molar-refractivity contribution in [1.29, 1.82) is 0 Å². The number of hydrogen-bond donors (Lipinski definition) is 2. The summed E-state index contributed by atoms with van der Waals surface area (Å²) in [7, 11) is 0. The van der Waals surface area contributed by atoms with E-state index in [9.17, 15) is 19.8 Å². The molecular formula is C49H84O8. The molecule has 0 aliphatic heterocycles. The number of hydrogen-bond acceptors (Lipinski definition) is 8. The van der Waals surface area contributed by atoms with Gasteiger partial charge in [-0.3, -0.25) is 9.59 Å². The van der Waals surface area contributed by atoms with Crippen molar-refractivity contribution in [3.05, 3.63) is 0 Å². The first-order valence-electron chi connectivity index (χ1n) is 23.8. The number of carbonyl (C=O) groups excluding carboxylic acids is 2. The van der Waals surface area contributed by atoms with Gasteiger partial charge in [-0.2, -0.15) is 0 Å². The first-order valence-corrected chi connectivity index (χ1v) is 23.8. The first kappa shape index (κ1) is 45.3. The van der Waals surface area contributed by atoms with E-state index in [4.69, 9.17) is 18.9 Å². The Morgan fingerprint density at radius 1 is 0.561 bits per heavy atom. The van der Waals surface area contributed by atoms with Gasteiger partial charge in [-0.25, -0.2) is 0 Å². The zero-order chi connectivity index (χ0) is 41.3. The molecule has 6 saturated carbocycles. The summed E-state index contributed by atoms with van der Waals surface area (Å²) in [5.74, 6) is 6.41. The lowest BCUT2D eigenvalue weighted by atomic mass is 9.43. The Morgan fingerprint density at radius 2 is 1.00 bits per heavy atom. The highest BCUT2D eigenvalue weighted by molar-refractivity contribution is 5.77. The lowest BCUT2D eigenvalue weighted by Gasteiger charge is -2.61. The minimum Gasteiger partial charge on any atom is -0.462 e. The van der Waals surface area contributed by atoms with Gasteiger partial charge in [0.15, 0.2) is 0 Å². The van der Waals surface area contributed by atoms with Crippen LogP contribution in [0.25, 0.3) is 0 Å². The Morgan fingerprint density at radius 3 is 1.44 bits per heavy atom. The summed E-state index contributed by atoms with van der Waals surface area (Å²) < 4.78 is 23.3. The second kappa shape index (κ2) is 18.4. The SMILES string of the molecule is CC(COCC(O)COC(=O)C1(C)CCCC2(C)C3CCC(C(C)C)CC3CCC12)OCC(O)COC(=O)C1(C)CCCC2(C)C3CCC(C(C)C)CC3CCC12. The highest BCUT2D eigenvalue weighted by Gasteiger charge is 2.61. The summed E-state index contributed by atoms with van der Waals surface area (Å²) in [5, 5.41) is 21.5. The smallest absolute Gasteiger partial charge is 0.312 e. The van der Waals surface area contributed by atoms with Crippen LogP contribution in [0.1, 0.15) is 165 Å². The van der Waals surface area contributed by atoms with Gasteiger partial charge in [0.25, 0.3) is 0 Å². The maximum atomic E-state index is 13.8. The van der Waals surface area contributed by atoms with Crippen molar-refractivity contribution < 1.29 is 38.7 Å². The number of esters is 2. The van der Waals surface area contributed by atoms with Crippen LogP contribution in [0, 0.1) is 80.8 Å². The maximum absolute atomic E-state index is 13.8. The van der Waals surface area contributed by atoms with Crippen LogP contribution >= 0.6 is 0 Å². The van der Waals surface area contributed by atoms with E-state index >= 15 is 0 Å². The van der Waals surface area contributed by atoms with E-state index < -0.39 is 23.0 Å². The van der Waals surface area contributed by atoms with E-state index in [-0.39, 0.29) is 61.9 Å². The summed E-state index contributed by atoms with van der Waals surface area (Å²) in [6.45, 7) is 20.6. The van der Waals surface area contributed by atoms with Crippen molar-refractivity contribution in [2.45, 2.75) is 183 Å². The van der Waals surface area contributed by atoms with Gasteiger partial charge in [-0.15, -0.1) is 0 Å². The van der Waals surface area contributed by atoms with Crippen LogP contribution in [0.4, 0.5) is 0 Å². The highest BCUT2D eigenvalue weighted by Crippen LogP contribution is 2.66. The van der Waals surface area contributed by atoms with Crippen molar-refractivity contribution in [3.8, 4) is 0 Å². The molecule has 6 fully saturated rings. The Bertz CT molecular complexity index is 1350. The molecule has 328 valence electrons. The molecule has 0 aromatic carbocycles. The normalized spacial score (nSPS) is 42.2. The highest BCUT2D eigenvalue weighted by atomic mass is 16.6. The minimum absolute atomic E-state index is 0.0230. The van der Waals surface area contributed by atoms with Crippen molar-refractivity contribution in [1.82, 2.24) is 0 Å². The van der Waals surface area contributed by atoms with E-state index in [1.165, 1.54) is 64.2 Å². The fourth-order valence-electron chi connectivity index (χ4n) is 14.9. The van der Waals surface area contributed by atoms with Crippen LogP contribution in [0.5, 0.6) is 0 Å². The van der Waals surface area contributed by atoms with Crippen molar-refractivity contribution in [2.75, 3.05) is 33.0 Å². The minimum atomic E-state index is -0.935. The van der Waals surface area contributed by atoms with Crippen molar-refractivity contribution in [3.63, 3.8) is 0 Å². The van der Waals surface area contributed by atoms with Gasteiger partial charge in [0.1, 0.15) is 25.4 Å². The lowest BCUT2D eigenvalue weighted by Crippen LogP contribution is -2.56. The molecule has 15 atom stereocenters. The number of rotatable bonds is 15. The summed E-state index contributed by atoms with van der Waals surface area (Å²) in [6.07, 6.45) is 16.5. The van der Waals surface area contributed by atoms with E-state index in [2.05, 4.69) is 55.4 Å². The second-order valence-electron chi connectivity index (χ2n) is 22.4. The molecule has 6 rings (SSSR count). The Labute approximate surface area is 347 Å². The van der Waals surface area contributed by atoms with Gasteiger partial charge in [-0.1, -0.05) is 54.4 Å². The Hall–Kier alpha value is -1.22. The third-order valence-electron chi connectivity index (χ3n) is 18.2. The standard InChI is InChI=1S/C49H84O8/c1-31(2)34-12-16-40-36(24-34)14-18-42-46(40,6)20-10-22-48(42,8)44(52)56-29-38(50)27-54-26-33(5)55-28-39(51)30-57-45(53)49(9)23-11-21-47(7)41-17-13-35(32(3)4)25-37(41)15-19-43(47)49/h31-43,50-51H,10-30H2,1-9H3. The Kier molecular flexibility index (Phi) is 14.6. The number of aliphatic hydroxyl groups excluding tert-OH is 2. The van der Waals surface area contributed by atoms with Gasteiger partial charge in [-0.05, 0) is 181 Å². The maximum Gasteiger partial charge on any atom is 0.312 e. The molecule has 6 aliphatic carbocycles. The van der Waals surface area contributed by atoms with E-state index in [0.29, 0.717) is 23.7 Å². The largest absolute Gasteiger partial charge is 0.462 e. The quantitative estimate of drug-likeness (QED) is 0.158. The van der Waals surface area contributed by atoms with Gasteiger partial charge in [0, 0.05) is 0 Å². The fourth-order valence-corrected chi connectivity index (χ4v) is 14.9. The average Bonchev–Trinajstić information content (AvgIpc) is 3.17. The molecule has 2 N–H and O–H groups in total. The third-order valence-corrected chi connectivity index (χ3v) is 18.2. The number of ether oxygens (including phenoxy) is 4. The van der Waals surface area contributed by atoms with Crippen molar-refractivity contribution in [2.24, 2.45) is 80.8 Å². The average molecular weight is 801 g/mol. The molecule has 0 amide bonds. The molecule has 0 spiro atoms. The topological polar surface area (TPSA) is 112 Å². The van der Waals surface area contributed by atoms with Crippen molar-refractivity contribution >= 4 is 11.9 Å². The molecule has 15 unspecified atom stereocenters. The molecule has 8 heteroatoms. The molecule has 0 saturated heterocycles. The molecule has 0 aromatic heterocycles. The zero-order valence-electron chi connectivity index (χ0n) is 37.7. The van der Waals surface area contributed by atoms with Crippen LogP contribution < -0.4 is 0 Å². The molecular weight excluding hydrogens is 717 g/mol. The van der Waals surface area contributed by atoms with Gasteiger partial charge >= 0.3 is 11.9 Å². The molecule has 6 aliphatic rings. The Balaban J connectivity index is 0.884. The number of fused-ring (bicyclic) bond motifs is 6. The molecule has 0 aromatic rings. The van der Waals surface area contributed by atoms with Crippen LogP contribution in [-0.4, -0.2) is 73.5 Å². The van der Waals surface area contributed by atoms with E-state index in [1.54, 1.807) is 0 Å². The van der Waals surface area contributed by atoms with E-state index in [1.807, 2.05) is 6.92 Å². The predicted octanol–water partition coefficient (Wildman–Crippen LogP) is 9.81. The van der Waals surface area contributed by atoms with E-state index in [0.717, 1.165) is 74.0 Å². The zero-order valence-corrected chi connectivity index (χ0v) is 37.7. The third kappa shape index (κ3) is 9.35. The summed E-state index contributed by atoms with van der Waals surface area (Å²) in [6, 6.07) is 0. The molecule has 0 radical (unpaired) electrons. The lowest BCUT2D eigenvalue weighted by molar-refractivity contribution is -0.183. The molecule has 8 nitrogen and oxygen atoms in total. The molecule has 0 bridgehead atoms. The summed E-state index contributed by atoms with van der Waals surface area (Å²) >= 11 is 0. The van der Waals surface area contributed by atoms with Crippen LogP contribution in [0.15, 0.2) is 0 Å². The monoisotopic (exact) mass is 801 g/mol. The first-order chi connectivity index (χ1) is 26.9. The summed E-state index contributed by atoms with van der Waals surface area (Å²) in [5.41, 5.74) is -0.702. The molecule has 57 heavy (non-hydrogen) atoms. The van der Waals surface area contributed by atoms with Crippen LogP contribution in [-0.2, 0) is 28.5 Å². The number of aliphatic hydroxyl groups is 2.